The van der Waals surface area contributed by atoms with Crippen LogP contribution in [0.25, 0.3) is 0 Å². The number of carbonyl (C=O) groups is 1. The molecule has 1 unspecified atom stereocenters. The Hall–Kier alpha value is -0.570. The number of nitrogens with zero attached hydrogens (tertiary/aromatic N) is 1. The first-order valence-electron chi connectivity index (χ1n) is 5.05. The van der Waals surface area contributed by atoms with E-state index < -0.39 is 0 Å². The predicted molar refractivity (Wildman–Crippen MR) is 55.4 cm³/mol. The summed E-state index contributed by atoms with van der Waals surface area (Å²) in [7, 11) is 0. The molecule has 2 N–H and O–H groups in total. The lowest BCUT2D eigenvalue weighted by atomic mass is 10.1. The van der Waals surface area contributed by atoms with E-state index in [2.05, 4.69) is 0 Å². The van der Waals surface area contributed by atoms with Crippen LogP contribution in [0.5, 0.6) is 0 Å². The molecule has 0 spiro atoms. The molecule has 0 aromatic heterocycles. The van der Waals surface area contributed by atoms with Crippen molar-refractivity contribution in [3.8, 4) is 0 Å². The second kappa shape index (κ2) is 5.97. The molecular weight excluding hydrogens is 164 g/mol. The number of rotatable bonds is 5. The van der Waals surface area contributed by atoms with Crippen molar-refractivity contribution >= 4 is 5.91 Å². The van der Waals surface area contributed by atoms with Gasteiger partial charge in [0.1, 0.15) is 0 Å². The van der Waals surface area contributed by atoms with E-state index in [9.17, 15) is 4.79 Å². The monoisotopic (exact) mass is 186 g/mol. The van der Waals surface area contributed by atoms with Crippen LogP contribution in [0.15, 0.2) is 0 Å². The van der Waals surface area contributed by atoms with E-state index in [0.717, 1.165) is 6.42 Å². The van der Waals surface area contributed by atoms with E-state index in [0.29, 0.717) is 13.1 Å². The lowest BCUT2D eigenvalue weighted by Crippen LogP contribution is -2.42. The maximum absolute atomic E-state index is 11.8. The molecule has 0 aliphatic carbocycles. The highest BCUT2D eigenvalue weighted by molar-refractivity contribution is 5.78. The van der Waals surface area contributed by atoms with Crippen molar-refractivity contribution in [3.63, 3.8) is 0 Å². The molecule has 0 saturated heterocycles. The molecule has 0 rings (SSSR count). The van der Waals surface area contributed by atoms with Crippen LogP contribution in [-0.2, 0) is 4.79 Å². The summed E-state index contributed by atoms with van der Waals surface area (Å²) in [5.74, 6) is 0.344. The molecule has 0 aromatic rings. The third kappa shape index (κ3) is 3.77. The molecule has 0 heterocycles. The SMILES string of the molecule is CCC(C)C(=O)N(CCN)C(C)C. The maximum Gasteiger partial charge on any atom is 0.225 e. The Bertz CT molecular complexity index is 157. The molecule has 1 amide bonds. The van der Waals surface area contributed by atoms with Gasteiger partial charge in [0.15, 0.2) is 0 Å². The summed E-state index contributed by atoms with van der Waals surface area (Å²) >= 11 is 0. The quantitative estimate of drug-likeness (QED) is 0.702. The van der Waals surface area contributed by atoms with Gasteiger partial charge in [-0.05, 0) is 20.3 Å². The van der Waals surface area contributed by atoms with Crippen molar-refractivity contribution in [2.45, 2.75) is 40.2 Å². The standard InChI is InChI=1S/C10H22N2O/c1-5-9(4)10(13)12(7-6-11)8(2)3/h8-9H,5-7,11H2,1-4H3. The molecule has 0 radical (unpaired) electrons. The Kier molecular flexibility index (Phi) is 5.71. The Morgan fingerprint density at radius 1 is 1.38 bits per heavy atom. The minimum Gasteiger partial charge on any atom is -0.339 e. The molecule has 1 atom stereocenters. The van der Waals surface area contributed by atoms with Crippen LogP contribution in [0.4, 0.5) is 0 Å². The highest BCUT2D eigenvalue weighted by Crippen LogP contribution is 2.09. The normalized spacial score (nSPS) is 13.1. The van der Waals surface area contributed by atoms with Crippen LogP contribution in [0, 0.1) is 5.92 Å². The molecule has 0 saturated carbocycles. The maximum atomic E-state index is 11.8. The van der Waals surface area contributed by atoms with E-state index in [1.807, 2.05) is 32.6 Å². The van der Waals surface area contributed by atoms with Crippen molar-refractivity contribution in [3.05, 3.63) is 0 Å². The van der Waals surface area contributed by atoms with Gasteiger partial charge in [0.05, 0.1) is 0 Å². The minimum atomic E-state index is 0.119. The van der Waals surface area contributed by atoms with Gasteiger partial charge < -0.3 is 10.6 Å². The van der Waals surface area contributed by atoms with Gasteiger partial charge in [-0.3, -0.25) is 4.79 Å². The van der Waals surface area contributed by atoms with E-state index in [1.165, 1.54) is 0 Å². The molecule has 0 bridgehead atoms. The fourth-order valence-electron chi connectivity index (χ4n) is 1.22. The second-order valence-corrected chi connectivity index (χ2v) is 3.72. The lowest BCUT2D eigenvalue weighted by Gasteiger charge is -2.28. The van der Waals surface area contributed by atoms with Crippen LogP contribution in [0.1, 0.15) is 34.1 Å². The second-order valence-electron chi connectivity index (χ2n) is 3.72. The molecular formula is C10H22N2O. The van der Waals surface area contributed by atoms with Gasteiger partial charge in [-0.2, -0.15) is 0 Å². The van der Waals surface area contributed by atoms with Crippen molar-refractivity contribution in [2.75, 3.05) is 13.1 Å². The number of hydrogen-bond acceptors (Lipinski definition) is 2. The summed E-state index contributed by atoms with van der Waals surface area (Å²) < 4.78 is 0. The lowest BCUT2D eigenvalue weighted by molar-refractivity contribution is -0.136. The van der Waals surface area contributed by atoms with E-state index >= 15 is 0 Å². The Morgan fingerprint density at radius 3 is 2.23 bits per heavy atom. The number of amides is 1. The largest absolute Gasteiger partial charge is 0.339 e. The molecule has 0 fully saturated rings. The number of nitrogens with two attached hydrogens (primary N) is 1. The third-order valence-corrected chi connectivity index (χ3v) is 2.31. The fourth-order valence-corrected chi connectivity index (χ4v) is 1.22. The zero-order valence-electron chi connectivity index (χ0n) is 9.21. The first kappa shape index (κ1) is 12.4. The first-order chi connectivity index (χ1) is 6.04. The Morgan fingerprint density at radius 2 is 1.92 bits per heavy atom. The molecule has 0 aliphatic heterocycles. The summed E-state index contributed by atoms with van der Waals surface area (Å²) in [5.41, 5.74) is 5.45. The average Bonchev–Trinajstić information content (AvgIpc) is 2.11. The predicted octanol–water partition coefficient (Wildman–Crippen LogP) is 1.23. The van der Waals surface area contributed by atoms with Crippen molar-refractivity contribution in [1.82, 2.24) is 4.90 Å². The first-order valence-corrected chi connectivity index (χ1v) is 5.05. The minimum absolute atomic E-state index is 0.119. The van der Waals surface area contributed by atoms with Crippen LogP contribution in [0.2, 0.25) is 0 Å². The van der Waals surface area contributed by atoms with Crippen LogP contribution < -0.4 is 5.73 Å². The molecule has 3 nitrogen and oxygen atoms in total. The van der Waals surface area contributed by atoms with Gasteiger partial charge >= 0.3 is 0 Å². The Balaban J connectivity index is 4.27. The topological polar surface area (TPSA) is 46.3 Å². The highest BCUT2D eigenvalue weighted by atomic mass is 16.2. The van der Waals surface area contributed by atoms with Crippen molar-refractivity contribution in [2.24, 2.45) is 11.7 Å². The summed E-state index contributed by atoms with van der Waals surface area (Å²) in [6.07, 6.45) is 0.895. The van der Waals surface area contributed by atoms with Gasteiger partial charge in [-0.25, -0.2) is 0 Å². The van der Waals surface area contributed by atoms with Gasteiger partial charge in [0, 0.05) is 25.0 Å². The molecule has 3 heteroatoms. The van der Waals surface area contributed by atoms with Gasteiger partial charge in [-0.15, -0.1) is 0 Å². The highest BCUT2D eigenvalue weighted by Gasteiger charge is 2.20. The smallest absolute Gasteiger partial charge is 0.225 e. The Labute approximate surface area is 81.3 Å². The molecule has 0 aromatic carbocycles. The van der Waals surface area contributed by atoms with Crippen molar-refractivity contribution in [1.29, 1.82) is 0 Å². The molecule has 78 valence electrons. The summed E-state index contributed by atoms with van der Waals surface area (Å²) in [5, 5.41) is 0. The van der Waals surface area contributed by atoms with Crippen LogP contribution in [0.3, 0.4) is 0 Å². The molecule has 0 aliphatic rings. The van der Waals surface area contributed by atoms with Crippen molar-refractivity contribution < 1.29 is 4.79 Å². The van der Waals surface area contributed by atoms with E-state index in [1.54, 1.807) is 0 Å². The van der Waals surface area contributed by atoms with E-state index in [4.69, 9.17) is 5.73 Å². The average molecular weight is 186 g/mol. The number of carbonyl (C=O) groups excluding carboxylic acids is 1. The summed E-state index contributed by atoms with van der Waals surface area (Å²) in [4.78, 5) is 13.6. The molecule has 13 heavy (non-hydrogen) atoms. The fraction of sp³-hybridized carbons (Fsp3) is 0.900. The van der Waals surface area contributed by atoms with Gasteiger partial charge in [-0.1, -0.05) is 13.8 Å². The van der Waals surface area contributed by atoms with Crippen LogP contribution >= 0.6 is 0 Å². The van der Waals surface area contributed by atoms with E-state index in [-0.39, 0.29) is 17.9 Å². The summed E-state index contributed by atoms with van der Waals surface area (Å²) in [6.45, 7) is 9.25. The van der Waals surface area contributed by atoms with Gasteiger partial charge in [0.2, 0.25) is 5.91 Å². The zero-order chi connectivity index (χ0) is 10.4. The number of hydrogen-bond donors (Lipinski definition) is 1. The summed E-state index contributed by atoms with van der Waals surface area (Å²) in [6, 6.07) is 0.255. The van der Waals surface area contributed by atoms with Gasteiger partial charge in [0.25, 0.3) is 0 Å². The third-order valence-electron chi connectivity index (χ3n) is 2.31. The zero-order valence-corrected chi connectivity index (χ0v) is 9.21. The van der Waals surface area contributed by atoms with Crippen LogP contribution in [-0.4, -0.2) is 29.9 Å².